The van der Waals surface area contributed by atoms with Gasteiger partial charge in [0.1, 0.15) is 5.82 Å². The molecule has 0 aromatic heterocycles. The lowest BCUT2D eigenvalue weighted by atomic mass is 10.2. The standard InChI is InChI=1S/C10H13ClFN/c1-3-13(2)7-8-4-5-10(12)9(11)6-8/h4-6H,3,7H2,1-2H3. The van der Waals surface area contributed by atoms with Crippen LogP contribution in [0, 0.1) is 5.82 Å². The molecule has 1 aromatic carbocycles. The molecule has 1 aromatic rings. The molecule has 13 heavy (non-hydrogen) atoms. The maximum Gasteiger partial charge on any atom is 0.141 e. The molecule has 0 saturated carbocycles. The van der Waals surface area contributed by atoms with Crippen molar-refractivity contribution in [3.05, 3.63) is 34.6 Å². The van der Waals surface area contributed by atoms with Crippen LogP contribution in [0.3, 0.4) is 0 Å². The van der Waals surface area contributed by atoms with E-state index in [0.29, 0.717) is 0 Å². The van der Waals surface area contributed by atoms with Gasteiger partial charge in [-0.05, 0) is 31.3 Å². The highest BCUT2D eigenvalue weighted by molar-refractivity contribution is 6.30. The van der Waals surface area contributed by atoms with Crippen LogP contribution in [0.25, 0.3) is 0 Å². The molecule has 0 aliphatic rings. The highest BCUT2D eigenvalue weighted by atomic mass is 35.5. The van der Waals surface area contributed by atoms with Crippen molar-refractivity contribution in [2.45, 2.75) is 13.5 Å². The first-order chi connectivity index (χ1) is 6.13. The maximum absolute atomic E-state index is 12.8. The van der Waals surface area contributed by atoms with E-state index >= 15 is 0 Å². The van der Waals surface area contributed by atoms with Gasteiger partial charge in [-0.3, -0.25) is 0 Å². The van der Waals surface area contributed by atoms with Crippen molar-refractivity contribution in [1.29, 1.82) is 0 Å². The van der Waals surface area contributed by atoms with Gasteiger partial charge in [-0.25, -0.2) is 4.39 Å². The summed E-state index contributed by atoms with van der Waals surface area (Å²) < 4.78 is 12.8. The molecular weight excluding hydrogens is 189 g/mol. The Bertz CT molecular complexity index is 288. The molecule has 1 rings (SSSR count). The number of hydrogen-bond donors (Lipinski definition) is 0. The molecule has 0 fully saturated rings. The molecule has 0 amide bonds. The Hall–Kier alpha value is -0.600. The zero-order valence-corrected chi connectivity index (χ0v) is 8.61. The average molecular weight is 202 g/mol. The Morgan fingerprint density at radius 1 is 1.46 bits per heavy atom. The molecule has 0 heterocycles. The van der Waals surface area contributed by atoms with Gasteiger partial charge in [-0.2, -0.15) is 0 Å². The van der Waals surface area contributed by atoms with Crippen LogP contribution in [-0.4, -0.2) is 18.5 Å². The van der Waals surface area contributed by atoms with Crippen molar-refractivity contribution in [2.75, 3.05) is 13.6 Å². The van der Waals surface area contributed by atoms with Gasteiger partial charge in [-0.1, -0.05) is 24.6 Å². The van der Waals surface area contributed by atoms with E-state index in [1.54, 1.807) is 12.1 Å². The van der Waals surface area contributed by atoms with E-state index in [1.165, 1.54) is 6.07 Å². The van der Waals surface area contributed by atoms with Crippen LogP contribution >= 0.6 is 11.6 Å². The van der Waals surface area contributed by atoms with Crippen molar-refractivity contribution in [2.24, 2.45) is 0 Å². The van der Waals surface area contributed by atoms with Crippen LogP contribution in [-0.2, 0) is 6.54 Å². The number of rotatable bonds is 3. The van der Waals surface area contributed by atoms with Gasteiger partial charge in [0.15, 0.2) is 0 Å². The Morgan fingerprint density at radius 3 is 2.69 bits per heavy atom. The molecule has 0 aliphatic carbocycles. The molecule has 0 bridgehead atoms. The van der Waals surface area contributed by atoms with Crippen molar-refractivity contribution in [3.8, 4) is 0 Å². The summed E-state index contributed by atoms with van der Waals surface area (Å²) in [4.78, 5) is 2.13. The summed E-state index contributed by atoms with van der Waals surface area (Å²) in [5.41, 5.74) is 1.04. The molecule has 0 saturated heterocycles. The summed E-state index contributed by atoms with van der Waals surface area (Å²) in [7, 11) is 2.01. The first-order valence-electron chi connectivity index (χ1n) is 4.26. The predicted molar refractivity (Wildman–Crippen MR) is 53.4 cm³/mol. The highest BCUT2D eigenvalue weighted by Gasteiger charge is 2.02. The van der Waals surface area contributed by atoms with Gasteiger partial charge in [0.05, 0.1) is 5.02 Å². The van der Waals surface area contributed by atoms with E-state index in [4.69, 9.17) is 11.6 Å². The van der Waals surface area contributed by atoms with Crippen molar-refractivity contribution < 1.29 is 4.39 Å². The fraction of sp³-hybridized carbons (Fsp3) is 0.400. The Labute approximate surface area is 83.1 Å². The van der Waals surface area contributed by atoms with Gasteiger partial charge in [-0.15, -0.1) is 0 Å². The van der Waals surface area contributed by atoms with Crippen LogP contribution in [0.1, 0.15) is 12.5 Å². The van der Waals surface area contributed by atoms with E-state index in [1.807, 2.05) is 7.05 Å². The zero-order valence-electron chi connectivity index (χ0n) is 7.85. The van der Waals surface area contributed by atoms with Crippen molar-refractivity contribution >= 4 is 11.6 Å². The molecule has 0 unspecified atom stereocenters. The predicted octanol–water partition coefficient (Wildman–Crippen LogP) is 2.93. The van der Waals surface area contributed by atoms with Crippen LogP contribution in [0.2, 0.25) is 5.02 Å². The van der Waals surface area contributed by atoms with Crippen molar-refractivity contribution in [3.63, 3.8) is 0 Å². The van der Waals surface area contributed by atoms with Gasteiger partial charge in [0.2, 0.25) is 0 Å². The minimum atomic E-state index is -0.357. The first-order valence-corrected chi connectivity index (χ1v) is 4.63. The molecule has 72 valence electrons. The summed E-state index contributed by atoms with van der Waals surface area (Å²) in [6.45, 7) is 3.84. The third kappa shape index (κ3) is 2.98. The minimum absolute atomic E-state index is 0.196. The summed E-state index contributed by atoms with van der Waals surface area (Å²) >= 11 is 5.65. The number of halogens is 2. The quantitative estimate of drug-likeness (QED) is 0.727. The lowest BCUT2D eigenvalue weighted by Crippen LogP contribution is -2.16. The molecule has 0 spiro atoms. The number of benzene rings is 1. The smallest absolute Gasteiger partial charge is 0.141 e. The summed E-state index contributed by atoms with van der Waals surface area (Å²) in [6, 6.07) is 4.83. The van der Waals surface area contributed by atoms with Crippen LogP contribution in [0.5, 0.6) is 0 Å². The van der Waals surface area contributed by atoms with Crippen LogP contribution < -0.4 is 0 Å². The van der Waals surface area contributed by atoms with E-state index in [2.05, 4.69) is 11.8 Å². The summed E-state index contributed by atoms with van der Waals surface area (Å²) in [5, 5.41) is 0.196. The molecule has 3 heteroatoms. The van der Waals surface area contributed by atoms with Crippen LogP contribution in [0.4, 0.5) is 4.39 Å². The Balaban J connectivity index is 2.73. The summed E-state index contributed by atoms with van der Waals surface area (Å²) in [6.07, 6.45) is 0. The second kappa shape index (κ2) is 4.58. The molecular formula is C10H13ClFN. The SMILES string of the molecule is CCN(C)Cc1ccc(F)c(Cl)c1. The normalized spacial score (nSPS) is 10.8. The third-order valence-corrected chi connectivity index (χ3v) is 2.27. The van der Waals surface area contributed by atoms with E-state index in [0.717, 1.165) is 18.7 Å². The van der Waals surface area contributed by atoms with E-state index < -0.39 is 0 Å². The third-order valence-electron chi connectivity index (χ3n) is 1.98. The number of hydrogen-bond acceptors (Lipinski definition) is 1. The number of nitrogens with zero attached hydrogens (tertiary/aromatic N) is 1. The average Bonchev–Trinajstić information content (AvgIpc) is 2.11. The van der Waals surface area contributed by atoms with Gasteiger partial charge in [0.25, 0.3) is 0 Å². The fourth-order valence-electron chi connectivity index (χ4n) is 1.06. The topological polar surface area (TPSA) is 3.24 Å². The summed E-state index contributed by atoms with van der Waals surface area (Å²) in [5.74, 6) is -0.357. The molecule has 0 aliphatic heterocycles. The zero-order chi connectivity index (χ0) is 9.84. The second-order valence-corrected chi connectivity index (χ2v) is 3.49. The fourth-order valence-corrected chi connectivity index (χ4v) is 1.26. The lowest BCUT2D eigenvalue weighted by molar-refractivity contribution is 0.345. The highest BCUT2D eigenvalue weighted by Crippen LogP contribution is 2.16. The van der Waals surface area contributed by atoms with E-state index in [9.17, 15) is 4.39 Å². The molecule has 0 radical (unpaired) electrons. The molecule has 1 nitrogen and oxygen atoms in total. The first kappa shape index (κ1) is 10.5. The van der Waals surface area contributed by atoms with Crippen LogP contribution in [0.15, 0.2) is 18.2 Å². The lowest BCUT2D eigenvalue weighted by Gasteiger charge is -2.13. The monoisotopic (exact) mass is 201 g/mol. The molecule has 0 atom stereocenters. The minimum Gasteiger partial charge on any atom is -0.302 e. The van der Waals surface area contributed by atoms with Crippen molar-refractivity contribution in [1.82, 2.24) is 4.90 Å². The largest absolute Gasteiger partial charge is 0.302 e. The van der Waals surface area contributed by atoms with Gasteiger partial charge < -0.3 is 4.90 Å². The van der Waals surface area contributed by atoms with E-state index in [-0.39, 0.29) is 10.8 Å². The second-order valence-electron chi connectivity index (χ2n) is 3.08. The van der Waals surface area contributed by atoms with Gasteiger partial charge >= 0.3 is 0 Å². The molecule has 0 N–H and O–H groups in total. The van der Waals surface area contributed by atoms with Gasteiger partial charge in [0, 0.05) is 6.54 Å². The maximum atomic E-state index is 12.8. The Morgan fingerprint density at radius 2 is 2.15 bits per heavy atom. The Kier molecular flexibility index (Phi) is 3.70.